The van der Waals surface area contributed by atoms with Crippen molar-refractivity contribution in [3.8, 4) is 5.75 Å². The number of benzene rings is 1. The SMILES string of the molecule is CNCCc1noc(COc2ccc(C)cc2C)n1. The van der Waals surface area contributed by atoms with Crippen LogP contribution in [-0.4, -0.2) is 23.7 Å². The molecule has 0 amide bonds. The molecule has 0 saturated carbocycles. The Balaban J connectivity index is 1.92. The predicted octanol–water partition coefficient (Wildman–Crippen LogP) is 2.03. The Labute approximate surface area is 113 Å². The number of likely N-dealkylation sites (N-methyl/N-ethyl adjacent to an activating group) is 1. The van der Waals surface area contributed by atoms with Gasteiger partial charge in [0, 0.05) is 13.0 Å². The minimum absolute atomic E-state index is 0.302. The van der Waals surface area contributed by atoms with E-state index in [0.29, 0.717) is 18.3 Å². The van der Waals surface area contributed by atoms with E-state index in [1.807, 2.05) is 26.1 Å². The fourth-order valence-electron chi connectivity index (χ4n) is 1.79. The van der Waals surface area contributed by atoms with E-state index in [1.54, 1.807) is 0 Å². The normalized spacial score (nSPS) is 10.7. The molecule has 0 bridgehead atoms. The van der Waals surface area contributed by atoms with Crippen LogP contribution in [0.4, 0.5) is 0 Å². The van der Waals surface area contributed by atoms with Crippen molar-refractivity contribution in [1.82, 2.24) is 15.5 Å². The van der Waals surface area contributed by atoms with Crippen molar-refractivity contribution in [2.45, 2.75) is 26.9 Å². The number of hydrogen-bond acceptors (Lipinski definition) is 5. The van der Waals surface area contributed by atoms with E-state index in [-0.39, 0.29) is 0 Å². The molecule has 0 fully saturated rings. The summed E-state index contributed by atoms with van der Waals surface area (Å²) < 4.78 is 10.8. The molecule has 0 spiro atoms. The van der Waals surface area contributed by atoms with Crippen LogP contribution in [0.5, 0.6) is 5.75 Å². The quantitative estimate of drug-likeness (QED) is 0.862. The van der Waals surface area contributed by atoms with Crippen molar-refractivity contribution in [2.24, 2.45) is 0 Å². The third-order valence-corrected chi connectivity index (χ3v) is 2.79. The maximum absolute atomic E-state index is 5.68. The summed E-state index contributed by atoms with van der Waals surface area (Å²) in [6.45, 7) is 5.21. The van der Waals surface area contributed by atoms with Crippen LogP contribution in [0.15, 0.2) is 22.7 Å². The number of nitrogens with zero attached hydrogens (tertiary/aromatic N) is 2. The van der Waals surface area contributed by atoms with Crippen molar-refractivity contribution in [3.05, 3.63) is 41.0 Å². The van der Waals surface area contributed by atoms with Gasteiger partial charge in [0.05, 0.1) is 0 Å². The summed E-state index contributed by atoms with van der Waals surface area (Å²) in [5.41, 5.74) is 2.33. The van der Waals surface area contributed by atoms with Crippen LogP contribution < -0.4 is 10.1 Å². The Morgan fingerprint density at radius 1 is 1.32 bits per heavy atom. The van der Waals surface area contributed by atoms with Gasteiger partial charge in [-0.2, -0.15) is 4.98 Å². The molecule has 1 N–H and O–H groups in total. The summed E-state index contributed by atoms with van der Waals surface area (Å²) in [6, 6.07) is 6.07. The second-order valence-electron chi connectivity index (χ2n) is 4.52. The van der Waals surface area contributed by atoms with Crippen molar-refractivity contribution in [2.75, 3.05) is 13.6 Å². The minimum atomic E-state index is 0.302. The van der Waals surface area contributed by atoms with Crippen LogP contribution >= 0.6 is 0 Å². The third-order valence-electron chi connectivity index (χ3n) is 2.79. The maximum Gasteiger partial charge on any atom is 0.264 e. The molecule has 1 aromatic heterocycles. The van der Waals surface area contributed by atoms with Gasteiger partial charge in [-0.1, -0.05) is 22.9 Å². The molecule has 102 valence electrons. The fourth-order valence-corrected chi connectivity index (χ4v) is 1.79. The largest absolute Gasteiger partial charge is 0.483 e. The molecular weight excluding hydrogens is 242 g/mol. The van der Waals surface area contributed by atoms with Crippen LogP contribution in [-0.2, 0) is 13.0 Å². The molecule has 5 nitrogen and oxygen atoms in total. The lowest BCUT2D eigenvalue weighted by atomic mass is 10.1. The number of aryl methyl sites for hydroxylation is 2. The zero-order chi connectivity index (χ0) is 13.7. The van der Waals surface area contributed by atoms with Gasteiger partial charge in [-0.25, -0.2) is 0 Å². The van der Waals surface area contributed by atoms with Crippen LogP contribution in [0.2, 0.25) is 0 Å². The highest BCUT2D eigenvalue weighted by atomic mass is 16.5. The summed E-state index contributed by atoms with van der Waals surface area (Å²) in [6.07, 6.45) is 0.754. The molecule has 1 heterocycles. The highest BCUT2D eigenvalue weighted by molar-refractivity contribution is 5.35. The van der Waals surface area contributed by atoms with E-state index in [9.17, 15) is 0 Å². The van der Waals surface area contributed by atoms with E-state index in [1.165, 1.54) is 5.56 Å². The monoisotopic (exact) mass is 261 g/mol. The highest BCUT2D eigenvalue weighted by Crippen LogP contribution is 2.19. The molecule has 0 unspecified atom stereocenters. The van der Waals surface area contributed by atoms with Crippen LogP contribution in [0.3, 0.4) is 0 Å². The molecular formula is C14H19N3O2. The number of rotatable bonds is 6. The van der Waals surface area contributed by atoms with Gasteiger partial charge in [0.25, 0.3) is 5.89 Å². The molecule has 0 aliphatic rings. The molecule has 0 atom stereocenters. The summed E-state index contributed by atoms with van der Waals surface area (Å²) in [5.74, 6) is 2.06. The lowest BCUT2D eigenvalue weighted by Crippen LogP contribution is -2.11. The topological polar surface area (TPSA) is 60.2 Å². The third kappa shape index (κ3) is 3.79. The lowest BCUT2D eigenvalue weighted by Gasteiger charge is -2.07. The molecule has 2 aromatic rings. The average Bonchev–Trinajstić information content (AvgIpc) is 2.83. The molecule has 0 aliphatic heterocycles. The minimum Gasteiger partial charge on any atom is -0.483 e. The number of nitrogens with one attached hydrogen (secondary N) is 1. The summed E-state index contributed by atoms with van der Waals surface area (Å²) in [7, 11) is 1.89. The second-order valence-corrected chi connectivity index (χ2v) is 4.52. The maximum atomic E-state index is 5.68. The van der Waals surface area contributed by atoms with Gasteiger partial charge < -0.3 is 14.6 Å². The highest BCUT2D eigenvalue weighted by Gasteiger charge is 2.07. The van der Waals surface area contributed by atoms with E-state index >= 15 is 0 Å². The van der Waals surface area contributed by atoms with Crippen LogP contribution in [0, 0.1) is 13.8 Å². The second kappa shape index (κ2) is 6.33. The molecule has 2 rings (SSSR count). The van der Waals surface area contributed by atoms with Gasteiger partial charge in [-0.15, -0.1) is 0 Å². The van der Waals surface area contributed by atoms with Gasteiger partial charge in [-0.05, 0) is 32.5 Å². The van der Waals surface area contributed by atoms with Crippen molar-refractivity contribution < 1.29 is 9.26 Å². The first-order valence-corrected chi connectivity index (χ1v) is 6.35. The molecule has 0 saturated heterocycles. The van der Waals surface area contributed by atoms with Gasteiger partial charge in [0.2, 0.25) is 0 Å². The first-order valence-electron chi connectivity index (χ1n) is 6.35. The predicted molar refractivity (Wildman–Crippen MR) is 72.2 cm³/mol. The Hall–Kier alpha value is -1.88. The molecule has 0 radical (unpaired) electrons. The number of hydrogen-bond donors (Lipinski definition) is 1. The molecule has 5 heteroatoms. The van der Waals surface area contributed by atoms with Crippen molar-refractivity contribution in [1.29, 1.82) is 0 Å². The zero-order valence-electron chi connectivity index (χ0n) is 11.6. The fraction of sp³-hybridized carbons (Fsp3) is 0.429. The Morgan fingerprint density at radius 3 is 2.89 bits per heavy atom. The first-order chi connectivity index (χ1) is 9.19. The van der Waals surface area contributed by atoms with E-state index in [0.717, 1.165) is 24.3 Å². The van der Waals surface area contributed by atoms with E-state index in [4.69, 9.17) is 9.26 Å². The van der Waals surface area contributed by atoms with Gasteiger partial charge in [-0.3, -0.25) is 0 Å². The Morgan fingerprint density at radius 2 is 2.16 bits per heavy atom. The van der Waals surface area contributed by atoms with Crippen molar-refractivity contribution >= 4 is 0 Å². The van der Waals surface area contributed by atoms with Crippen LogP contribution in [0.1, 0.15) is 22.8 Å². The van der Waals surface area contributed by atoms with E-state index in [2.05, 4.69) is 28.4 Å². The summed E-state index contributed by atoms with van der Waals surface area (Å²) in [4.78, 5) is 4.27. The zero-order valence-corrected chi connectivity index (χ0v) is 11.6. The van der Waals surface area contributed by atoms with Gasteiger partial charge in [0.1, 0.15) is 5.75 Å². The standard InChI is InChI=1S/C14H19N3O2/c1-10-4-5-12(11(2)8-10)18-9-14-16-13(17-19-14)6-7-15-3/h4-5,8,15H,6-7,9H2,1-3H3. The van der Waals surface area contributed by atoms with Crippen LogP contribution in [0.25, 0.3) is 0 Å². The summed E-state index contributed by atoms with van der Waals surface area (Å²) in [5, 5.41) is 6.94. The lowest BCUT2D eigenvalue weighted by molar-refractivity contribution is 0.241. The number of ether oxygens (including phenoxy) is 1. The van der Waals surface area contributed by atoms with Crippen molar-refractivity contribution in [3.63, 3.8) is 0 Å². The number of aromatic nitrogens is 2. The average molecular weight is 261 g/mol. The smallest absolute Gasteiger partial charge is 0.264 e. The molecule has 19 heavy (non-hydrogen) atoms. The van der Waals surface area contributed by atoms with Gasteiger partial charge in [0.15, 0.2) is 12.4 Å². The van der Waals surface area contributed by atoms with Gasteiger partial charge >= 0.3 is 0 Å². The Kier molecular flexibility index (Phi) is 4.52. The summed E-state index contributed by atoms with van der Waals surface area (Å²) >= 11 is 0. The first kappa shape index (κ1) is 13.5. The van der Waals surface area contributed by atoms with E-state index < -0.39 is 0 Å². The molecule has 1 aromatic carbocycles. The Bertz CT molecular complexity index is 537. The molecule has 0 aliphatic carbocycles.